The molecule has 4 nitrogen and oxygen atoms in total. The minimum Gasteiger partial charge on any atom is -0.465 e. The highest BCUT2D eigenvalue weighted by atomic mass is 32.1. The average Bonchev–Trinajstić information content (AvgIpc) is 3.52. The lowest BCUT2D eigenvalue weighted by molar-refractivity contribution is -0.117. The summed E-state index contributed by atoms with van der Waals surface area (Å²) < 4.78 is 5.06. The fourth-order valence-corrected chi connectivity index (χ4v) is 5.01. The van der Waals surface area contributed by atoms with Gasteiger partial charge in [-0.05, 0) is 42.4 Å². The van der Waals surface area contributed by atoms with E-state index in [1.54, 1.807) is 0 Å². The lowest BCUT2D eigenvalue weighted by Crippen LogP contribution is -2.16. The van der Waals surface area contributed by atoms with Crippen LogP contribution in [0, 0.1) is 12.8 Å². The van der Waals surface area contributed by atoms with E-state index in [2.05, 4.69) is 36.5 Å². The molecule has 1 fully saturated rings. The Morgan fingerprint density at radius 2 is 1.80 bits per heavy atom. The third kappa shape index (κ3) is 3.90. The van der Waals surface area contributed by atoms with E-state index in [0.717, 1.165) is 28.8 Å². The number of hydrogen-bond acceptors (Lipinski definition) is 4. The Kier molecular flexibility index (Phi) is 5.73. The van der Waals surface area contributed by atoms with Gasteiger partial charge in [-0.15, -0.1) is 11.3 Å². The lowest BCUT2D eigenvalue weighted by atomic mass is 9.99. The topological polar surface area (TPSA) is 55.4 Å². The molecule has 1 N–H and O–H groups in total. The second-order valence-electron chi connectivity index (χ2n) is 7.63. The predicted octanol–water partition coefficient (Wildman–Crippen LogP) is 5.81. The summed E-state index contributed by atoms with van der Waals surface area (Å²) in [4.78, 5) is 26.5. The summed E-state index contributed by atoms with van der Waals surface area (Å²) in [5.41, 5.74) is 4.65. The van der Waals surface area contributed by atoms with Crippen molar-refractivity contribution in [2.75, 3.05) is 12.4 Å². The van der Waals surface area contributed by atoms with E-state index in [1.165, 1.54) is 29.6 Å². The Morgan fingerprint density at radius 3 is 2.43 bits per heavy atom. The number of benzene rings is 2. The number of aryl methyl sites for hydroxylation is 2. The van der Waals surface area contributed by atoms with Crippen LogP contribution >= 0.6 is 11.3 Å². The van der Waals surface area contributed by atoms with Crippen molar-refractivity contribution in [1.82, 2.24) is 0 Å². The number of anilines is 1. The molecule has 2 unspecified atom stereocenters. The van der Waals surface area contributed by atoms with Crippen molar-refractivity contribution < 1.29 is 14.3 Å². The van der Waals surface area contributed by atoms with Crippen LogP contribution in [0.15, 0.2) is 54.6 Å². The summed E-state index contributed by atoms with van der Waals surface area (Å²) in [6.07, 6.45) is 1.79. The molecule has 1 aliphatic carbocycles. The SMILES string of the molecule is CCc1ccc(-c2c(C)sc(NC(=O)C3CC3c3ccccc3)c2C(=O)OC)cc1. The summed E-state index contributed by atoms with van der Waals surface area (Å²) in [6, 6.07) is 18.3. The molecule has 0 radical (unpaired) electrons. The molecule has 0 bridgehead atoms. The number of carbonyl (C=O) groups is 2. The van der Waals surface area contributed by atoms with Gasteiger partial charge in [0, 0.05) is 16.4 Å². The summed E-state index contributed by atoms with van der Waals surface area (Å²) >= 11 is 1.43. The molecule has 1 heterocycles. The summed E-state index contributed by atoms with van der Waals surface area (Å²) in [5, 5.41) is 3.59. The molecule has 5 heteroatoms. The molecule has 1 aromatic heterocycles. The molecular formula is C25H25NO3S. The number of hydrogen-bond donors (Lipinski definition) is 1. The lowest BCUT2D eigenvalue weighted by Gasteiger charge is -2.09. The van der Waals surface area contributed by atoms with Crippen molar-refractivity contribution in [1.29, 1.82) is 0 Å². The van der Waals surface area contributed by atoms with Crippen LogP contribution in [-0.2, 0) is 16.0 Å². The van der Waals surface area contributed by atoms with E-state index in [9.17, 15) is 9.59 Å². The highest BCUT2D eigenvalue weighted by molar-refractivity contribution is 7.17. The highest BCUT2D eigenvalue weighted by Crippen LogP contribution is 2.49. The first kappa shape index (κ1) is 20.4. The van der Waals surface area contributed by atoms with Gasteiger partial charge in [-0.25, -0.2) is 4.79 Å². The normalized spacial score (nSPS) is 17.4. The van der Waals surface area contributed by atoms with Gasteiger partial charge in [0.1, 0.15) is 10.6 Å². The second-order valence-corrected chi connectivity index (χ2v) is 8.85. The number of methoxy groups -OCH3 is 1. The smallest absolute Gasteiger partial charge is 0.341 e. The first-order valence-corrected chi connectivity index (χ1v) is 11.0. The minimum absolute atomic E-state index is 0.0388. The number of esters is 1. The molecule has 4 rings (SSSR count). The van der Waals surface area contributed by atoms with Gasteiger partial charge in [0.05, 0.1) is 7.11 Å². The molecular weight excluding hydrogens is 394 g/mol. The Labute approximate surface area is 180 Å². The van der Waals surface area contributed by atoms with Crippen molar-refractivity contribution >= 4 is 28.2 Å². The largest absolute Gasteiger partial charge is 0.465 e. The van der Waals surface area contributed by atoms with Gasteiger partial charge in [-0.2, -0.15) is 0 Å². The second kappa shape index (κ2) is 8.44. The van der Waals surface area contributed by atoms with E-state index in [4.69, 9.17) is 4.74 Å². The maximum atomic E-state index is 12.9. The highest BCUT2D eigenvalue weighted by Gasteiger charge is 2.44. The zero-order valence-electron chi connectivity index (χ0n) is 17.4. The fraction of sp³-hybridized carbons (Fsp3) is 0.280. The third-order valence-electron chi connectivity index (χ3n) is 5.72. The van der Waals surface area contributed by atoms with E-state index in [0.29, 0.717) is 10.6 Å². The minimum atomic E-state index is -0.431. The number of nitrogens with one attached hydrogen (secondary N) is 1. The van der Waals surface area contributed by atoms with Crippen molar-refractivity contribution in [2.45, 2.75) is 32.6 Å². The van der Waals surface area contributed by atoms with Crippen LogP contribution in [0.5, 0.6) is 0 Å². The number of thiophene rings is 1. The Hall–Kier alpha value is -2.92. The molecule has 1 saturated carbocycles. The third-order valence-corrected chi connectivity index (χ3v) is 6.74. The molecule has 154 valence electrons. The summed E-state index contributed by atoms with van der Waals surface area (Å²) in [7, 11) is 1.37. The monoisotopic (exact) mass is 419 g/mol. The number of ether oxygens (including phenoxy) is 1. The van der Waals surface area contributed by atoms with Gasteiger partial charge >= 0.3 is 5.97 Å². The molecule has 2 aromatic carbocycles. The molecule has 1 amide bonds. The molecule has 0 spiro atoms. The summed E-state index contributed by atoms with van der Waals surface area (Å²) in [5.74, 6) is -0.287. The maximum Gasteiger partial charge on any atom is 0.341 e. The van der Waals surface area contributed by atoms with Crippen LogP contribution in [0.4, 0.5) is 5.00 Å². The van der Waals surface area contributed by atoms with Crippen LogP contribution in [0.2, 0.25) is 0 Å². The first-order valence-electron chi connectivity index (χ1n) is 10.2. The Morgan fingerprint density at radius 1 is 1.10 bits per heavy atom. The summed E-state index contributed by atoms with van der Waals surface area (Å²) in [6.45, 7) is 4.08. The van der Waals surface area contributed by atoms with Gasteiger partial charge in [-0.3, -0.25) is 4.79 Å². The average molecular weight is 420 g/mol. The standard InChI is InChI=1S/C25H25NO3S/c1-4-16-10-12-18(13-11-16)21-15(2)30-24(22(21)25(28)29-3)26-23(27)20-14-19(20)17-8-6-5-7-9-17/h5-13,19-20H,4,14H2,1-3H3,(H,26,27). The van der Waals surface area contributed by atoms with E-state index < -0.39 is 5.97 Å². The van der Waals surface area contributed by atoms with Gasteiger partial charge in [0.2, 0.25) is 5.91 Å². The van der Waals surface area contributed by atoms with Crippen LogP contribution in [0.25, 0.3) is 11.1 Å². The predicted molar refractivity (Wildman–Crippen MR) is 121 cm³/mol. The van der Waals surface area contributed by atoms with Gasteiger partial charge < -0.3 is 10.1 Å². The van der Waals surface area contributed by atoms with Crippen molar-refractivity contribution in [2.24, 2.45) is 5.92 Å². The molecule has 0 aliphatic heterocycles. The number of rotatable bonds is 6. The van der Waals surface area contributed by atoms with Crippen molar-refractivity contribution in [3.8, 4) is 11.1 Å². The number of carbonyl (C=O) groups excluding carboxylic acids is 2. The molecule has 1 aliphatic rings. The van der Waals surface area contributed by atoms with E-state index in [-0.39, 0.29) is 17.7 Å². The molecule has 2 atom stereocenters. The number of amides is 1. The van der Waals surface area contributed by atoms with Crippen LogP contribution in [0.1, 0.15) is 45.6 Å². The zero-order valence-corrected chi connectivity index (χ0v) is 18.2. The van der Waals surface area contributed by atoms with E-state index >= 15 is 0 Å². The zero-order chi connectivity index (χ0) is 21.3. The Balaban J connectivity index is 1.62. The molecule has 0 saturated heterocycles. The van der Waals surface area contributed by atoms with Gasteiger partial charge in [0.15, 0.2) is 0 Å². The Bertz CT molecular complexity index is 1070. The quantitative estimate of drug-likeness (QED) is 0.513. The van der Waals surface area contributed by atoms with Gasteiger partial charge in [-0.1, -0.05) is 61.5 Å². The van der Waals surface area contributed by atoms with Gasteiger partial charge in [0.25, 0.3) is 0 Å². The van der Waals surface area contributed by atoms with Crippen LogP contribution in [0.3, 0.4) is 0 Å². The van der Waals surface area contributed by atoms with E-state index in [1.807, 2.05) is 37.3 Å². The molecule has 30 heavy (non-hydrogen) atoms. The van der Waals surface area contributed by atoms with Crippen molar-refractivity contribution in [3.05, 3.63) is 76.2 Å². The maximum absolute atomic E-state index is 12.9. The molecule has 3 aromatic rings. The van der Waals surface area contributed by atoms with Crippen LogP contribution < -0.4 is 5.32 Å². The fourth-order valence-electron chi connectivity index (χ4n) is 3.94. The first-order chi connectivity index (χ1) is 14.5. The van der Waals surface area contributed by atoms with Crippen molar-refractivity contribution in [3.63, 3.8) is 0 Å². The van der Waals surface area contributed by atoms with Crippen LogP contribution in [-0.4, -0.2) is 19.0 Å².